The summed E-state index contributed by atoms with van der Waals surface area (Å²) in [4.78, 5) is 28.9. The summed E-state index contributed by atoms with van der Waals surface area (Å²) in [6.07, 6.45) is -4.78. The third-order valence-corrected chi connectivity index (χ3v) is 3.89. The average molecular weight is 367 g/mol. The number of H-pyrrole nitrogens is 2. The summed E-state index contributed by atoms with van der Waals surface area (Å²) in [6, 6.07) is 5.60. The van der Waals surface area contributed by atoms with Crippen molar-refractivity contribution in [2.24, 2.45) is 0 Å². The van der Waals surface area contributed by atoms with Crippen molar-refractivity contribution in [1.82, 2.24) is 9.97 Å². The summed E-state index contributed by atoms with van der Waals surface area (Å²) in [5, 5.41) is 48.3. The van der Waals surface area contributed by atoms with Crippen LogP contribution in [0.4, 0.5) is 11.5 Å². The first kappa shape index (κ1) is 19.7. The van der Waals surface area contributed by atoms with Crippen molar-refractivity contribution in [2.45, 2.75) is 25.2 Å². The van der Waals surface area contributed by atoms with E-state index in [-0.39, 0.29) is 18.1 Å². The Morgan fingerprint density at radius 3 is 2.35 bits per heavy atom. The molecule has 10 heteroatoms. The van der Waals surface area contributed by atoms with E-state index in [0.29, 0.717) is 11.3 Å². The predicted octanol–water partition coefficient (Wildman–Crippen LogP) is -1.71. The van der Waals surface area contributed by atoms with Crippen LogP contribution in [0, 0.1) is 6.92 Å². The predicted molar refractivity (Wildman–Crippen MR) is 92.6 cm³/mol. The molecule has 0 unspecified atom stereocenters. The number of rotatable bonds is 7. The Labute approximate surface area is 147 Å². The fraction of sp³-hybridized carbons (Fsp3) is 0.375. The van der Waals surface area contributed by atoms with E-state index < -0.39 is 36.2 Å². The van der Waals surface area contributed by atoms with Gasteiger partial charge in [0.05, 0.1) is 13.2 Å². The van der Waals surface area contributed by atoms with Gasteiger partial charge in [-0.1, -0.05) is 6.07 Å². The number of anilines is 2. The second-order valence-electron chi connectivity index (χ2n) is 5.86. The van der Waals surface area contributed by atoms with Crippen LogP contribution in [0.2, 0.25) is 0 Å². The number of aromatic hydroxyl groups is 1. The minimum atomic E-state index is -1.67. The minimum absolute atomic E-state index is 0.00624. The maximum atomic E-state index is 11.6. The van der Waals surface area contributed by atoms with Gasteiger partial charge in [-0.25, -0.2) is 4.79 Å². The molecule has 0 saturated carbocycles. The van der Waals surface area contributed by atoms with E-state index in [1.54, 1.807) is 19.1 Å². The standard InChI is InChI=1S/C16H21N3O7/c1-8-2-3-9(4-10(8)21)19(6-11(22)15(25)12(23)7-20)13-5-14(24)18-16(26)17-13/h2-5,11-12,15,20-23,25H,6-7H2,1H3,(H2,17,18,24,26)/t11-,12+,15-/m0/s1. The first-order chi connectivity index (χ1) is 12.2. The van der Waals surface area contributed by atoms with E-state index in [2.05, 4.69) is 4.98 Å². The third kappa shape index (κ3) is 4.49. The van der Waals surface area contributed by atoms with Crippen LogP contribution in [0.5, 0.6) is 5.75 Å². The Hall–Kier alpha value is -2.66. The normalized spacial score (nSPS) is 14.7. The molecule has 0 radical (unpaired) electrons. The molecular weight excluding hydrogens is 346 g/mol. The van der Waals surface area contributed by atoms with Gasteiger partial charge in [-0.15, -0.1) is 0 Å². The first-order valence-electron chi connectivity index (χ1n) is 7.78. The van der Waals surface area contributed by atoms with Gasteiger partial charge in [0, 0.05) is 17.8 Å². The van der Waals surface area contributed by atoms with Gasteiger partial charge in [-0.05, 0) is 18.6 Å². The maximum Gasteiger partial charge on any atom is 0.327 e. The zero-order valence-corrected chi connectivity index (χ0v) is 14.0. The van der Waals surface area contributed by atoms with Crippen LogP contribution in [0.1, 0.15) is 5.56 Å². The van der Waals surface area contributed by atoms with Gasteiger partial charge in [0.2, 0.25) is 0 Å². The number of aliphatic hydroxyl groups excluding tert-OH is 4. The third-order valence-electron chi connectivity index (χ3n) is 3.89. The SMILES string of the molecule is Cc1ccc(N(C[C@H](O)[C@H](O)[C@H](O)CO)c2cc(=O)[nH]c(=O)[nH]2)cc1O. The van der Waals surface area contributed by atoms with Crippen molar-refractivity contribution < 1.29 is 25.5 Å². The summed E-state index contributed by atoms with van der Waals surface area (Å²) in [6.45, 7) is 0.570. The van der Waals surface area contributed by atoms with Crippen molar-refractivity contribution in [3.63, 3.8) is 0 Å². The van der Waals surface area contributed by atoms with Crippen molar-refractivity contribution >= 4 is 11.5 Å². The molecule has 10 nitrogen and oxygen atoms in total. The van der Waals surface area contributed by atoms with Crippen LogP contribution < -0.4 is 16.1 Å². The molecular formula is C16H21N3O7. The Kier molecular flexibility index (Phi) is 6.16. The number of hydrogen-bond acceptors (Lipinski definition) is 8. The van der Waals surface area contributed by atoms with Crippen LogP contribution in [0.3, 0.4) is 0 Å². The number of benzene rings is 1. The van der Waals surface area contributed by atoms with Crippen molar-refractivity contribution in [3.05, 3.63) is 50.7 Å². The molecule has 142 valence electrons. The van der Waals surface area contributed by atoms with E-state index in [1.807, 2.05) is 4.98 Å². The van der Waals surface area contributed by atoms with E-state index >= 15 is 0 Å². The van der Waals surface area contributed by atoms with Gasteiger partial charge in [-0.2, -0.15) is 0 Å². The van der Waals surface area contributed by atoms with Crippen molar-refractivity contribution in [1.29, 1.82) is 0 Å². The fourth-order valence-electron chi connectivity index (χ4n) is 2.37. The number of aromatic nitrogens is 2. The molecule has 2 aromatic rings. The number of aryl methyl sites for hydroxylation is 1. The Balaban J connectivity index is 2.46. The second kappa shape index (κ2) is 8.15. The summed E-state index contributed by atoms with van der Waals surface area (Å²) < 4.78 is 0. The molecule has 0 saturated heterocycles. The maximum absolute atomic E-state index is 11.6. The van der Waals surface area contributed by atoms with Gasteiger partial charge < -0.3 is 30.4 Å². The highest BCUT2D eigenvalue weighted by molar-refractivity contribution is 5.62. The lowest BCUT2D eigenvalue weighted by molar-refractivity contribution is -0.0726. The van der Waals surface area contributed by atoms with Crippen LogP contribution >= 0.6 is 0 Å². The number of phenolic OH excluding ortho intramolecular Hbond substituents is 1. The molecule has 0 bridgehead atoms. The van der Waals surface area contributed by atoms with Gasteiger partial charge >= 0.3 is 5.69 Å². The number of phenols is 1. The molecule has 3 atom stereocenters. The minimum Gasteiger partial charge on any atom is -0.508 e. The van der Waals surface area contributed by atoms with Gasteiger partial charge in [0.25, 0.3) is 5.56 Å². The molecule has 7 N–H and O–H groups in total. The van der Waals surface area contributed by atoms with E-state index in [0.717, 1.165) is 6.07 Å². The topological polar surface area (TPSA) is 170 Å². The lowest BCUT2D eigenvalue weighted by atomic mass is 10.1. The average Bonchev–Trinajstić information content (AvgIpc) is 2.59. The van der Waals surface area contributed by atoms with Crippen LogP contribution in [0.25, 0.3) is 0 Å². The molecule has 0 aliphatic heterocycles. The summed E-state index contributed by atoms with van der Waals surface area (Å²) in [5.41, 5.74) is -0.557. The quantitative estimate of drug-likeness (QED) is 0.303. The molecule has 0 aliphatic rings. The fourth-order valence-corrected chi connectivity index (χ4v) is 2.37. The number of hydrogen-bond donors (Lipinski definition) is 7. The summed E-state index contributed by atoms with van der Waals surface area (Å²) in [7, 11) is 0. The monoisotopic (exact) mass is 367 g/mol. The zero-order valence-electron chi connectivity index (χ0n) is 14.0. The number of nitrogens with zero attached hydrogens (tertiary/aromatic N) is 1. The van der Waals surface area contributed by atoms with Crippen LogP contribution in [-0.4, -0.2) is 67.0 Å². The Morgan fingerprint density at radius 2 is 1.77 bits per heavy atom. The molecule has 0 fully saturated rings. The smallest absolute Gasteiger partial charge is 0.327 e. The van der Waals surface area contributed by atoms with Gasteiger partial charge in [-0.3, -0.25) is 14.8 Å². The van der Waals surface area contributed by atoms with Crippen molar-refractivity contribution in [3.8, 4) is 5.75 Å². The van der Waals surface area contributed by atoms with Crippen LogP contribution in [0.15, 0.2) is 33.9 Å². The van der Waals surface area contributed by atoms with E-state index in [1.165, 1.54) is 11.0 Å². The summed E-state index contributed by atoms with van der Waals surface area (Å²) in [5.74, 6) is -0.0446. The lowest BCUT2D eigenvalue weighted by Crippen LogP contribution is -2.45. The Morgan fingerprint density at radius 1 is 1.08 bits per heavy atom. The Bertz CT molecular complexity index is 835. The molecule has 1 aromatic carbocycles. The highest BCUT2D eigenvalue weighted by Gasteiger charge is 2.27. The number of aliphatic hydroxyl groups is 4. The zero-order chi connectivity index (χ0) is 19.4. The first-order valence-corrected chi connectivity index (χ1v) is 7.78. The van der Waals surface area contributed by atoms with Gasteiger partial charge in [0.1, 0.15) is 29.9 Å². The molecule has 1 aromatic heterocycles. The number of aromatic amines is 2. The molecule has 2 rings (SSSR count). The molecule has 26 heavy (non-hydrogen) atoms. The van der Waals surface area contributed by atoms with Crippen LogP contribution in [-0.2, 0) is 0 Å². The summed E-state index contributed by atoms with van der Waals surface area (Å²) >= 11 is 0. The second-order valence-corrected chi connectivity index (χ2v) is 5.86. The van der Waals surface area contributed by atoms with E-state index in [9.17, 15) is 30.0 Å². The highest BCUT2D eigenvalue weighted by atomic mass is 16.4. The highest BCUT2D eigenvalue weighted by Crippen LogP contribution is 2.28. The number of nitrogens with one attached hydrogen (secondary N) is 2. The molecule has 0 amide bonds. The lowest BCUT2D eigenvalue weighted by Gasteiger charge is -2.30. The largest absolute Gasteiger partial charge is 0.508 e. The van der Waals surface area contributed by atoms with Gasteiger partial charge in [0.15, 0.2) is 0 Å². The molecule has 0 spiro atoms. The molecule has 0 aliphatic carbocycles. The van der Waals surface area contributed by atoms with E-state index in [4.69, 9.17) is 5.11 Å². The van der Waals surface area contributed by atoms with Crippen molar-refractivity contribution in [2.75, 3.05) is 18.1 Å². The molecule has 1 heterocycles.